The number of hydrogen-bond acceptors (Lipinski definition) is 5. The van der Waals surface area contributed by atoms with Crippen LogP contribution in [0, 0.1) is 11.3 Å². The molecule has 8 heteroatoms. The van der Waals surface area contributed by atoms with Crippen LogP contribution < -0.4 is 4.90 Å². The van der Waals surface area contributed by atoms with E-state index in [0.29, 0.717) is 18.8 Å². The van der Waals surface area contributed by atoms with E-state index in [9.17, 15) is 13.2 Å². The molecular formula is C17H17F3N4S. The van der Waals surface area contributed by atoms with Gasteiger partial charge in [0.15, 0.2) is 0 Å². The second-order valence-electron chi connectivity index (χ2n) is 5.91. The normalized spacial score (nSPS) is 17.3. The van der Waals surface area contributed by atoms with Crippen LogP contribution in [0.5, 0.6) is 0 Å². The molecule has 132 valence electrons. The maximum absolute atomic E-state index is 12.9. The van der Waals surface area contributed by atoms with Crippen LogP contribution in [0.3, 0.4) is 0 Å². The number of benzene rings is 1. The van der Waals surface area contributed by atoms with E-state index in [1.165, 1.54) is 12.1 Å². The van der Waals surface area contributed by atoms with Gasteiger partial charge in [0.1, 0.15) is 5.01 Å². The van der Waals surface area contributed by atoms with Crippen LogP contribution in [-0.2, 0) is 6.18 Å². The molecule has 4 nitrogen and oxygen atoms in total. The van der Waals surface area contributed by atoms with Crippen molar-refractivity contribution in [1.29, 1.82) is 5.26 Å². The van der Waals surface area contributed by atoms with Gasteiger partial charge in [-0.25, -0.2) is 4.98 Å². The number of rotatable bonds is 3. The third kappa shape index (κ3) is 3.78. The molecule has 3 rings (SSSR count). The van der Waals surface area contributed by atoms with Gasteiger partial charge in [0, 0.05) is 43.4 Å². The zero-order chi connectivity index (χ0) is 18.0. The highest BCUT2D eigenvalue weighted by molar-refractivity contribution is 7.09. The number of hydrogen-bond donors (Lipinski definition) is 0. The molecule has 0 spiro atoms. The third-order valence-electron chi connectivity index (χ3n) is 4.46. The van der Waals surface area contributed by atoms with Crippen LogP contribution in [0.1, 0.15) is 29.1 Å². The average molecular weight is 366 g/mol. The molecule has 1 aliphatic heterocycles. The Morgan fingerprint density at radius 1 is 1.24 bits per heavy atom. The number of nitriles is 1. The highest BCUT2D eigenvalue weighted by Gasteiger charge is 2.34. The summed E-state index contributed by atoms with van der Waals surface area (Å²) < 4.78 is 38.7. The van der Waals surface area contributed by atoms with Crippen LogP contribution in [0.2, 0.25) is 0 Å². The van der Waals surface area contributed by atoms with Crippen molar-refractivity contribution < 1.29 is 13.2 Å². The quantitative estimate of drug-likeness (QED) is 0.826. The largest absolute Gasteiger partial charge is 0.417 e. The Balaban J connectivity index is 1.70. The van der Waals surface area contributed by atoms with Gasteiger partial charge in [0.25, 0.3) is 0 Å². The summed E-state index contributed by atoms with van der Waals surface area (Å²) in [4.78, 5) is 8.67. The van der Waals surface area contributed by atoms with E-state index in [1.807, 2.05) is 10.3 Å². The second kappa shape index (κ2) is 7.02. The van der Waals surface area contributed by atoms with Gasteiger partial charge in [0.05, 0.1) is 23.2 Å². The highest BCUT2D eigenvalue weighted by Crippen LogP contribution is 2.34. The molecule has 1 aromatic carbocycles. The minimum atomic E-state index is -4.51. The van der Waals surface area contributed by atoms with Crippen LogP contribution in [0.25, 0.3) is 0 Å². The van der Waals surface area contributed by atoms with Gasteiger partial charge in [-0.05, 0) is 25.1 Å². The van der Waals surface area contributed by atoms with E-state index >= 15 is 0 Å². The maximum Gasteiger partial charge on any atom is 0.417 e. The fourth-order valence-corrected chi connectivity index (χ4v) is 3.76. The van der Waals surface area contributed by atoms with Gasteiger partial charge in [-0.2, -0.15) is 18.4 Å². The van der Waals surface area contributed by atoms with Crippen molar-refractivity contribution in [1.82, 2.24) is 9.88 Å². The number of aromatic nitrogens is 1. The van der Waals surface area contributed by atoms with Gasteiger partial charge < -0.3 is 4.90 Å². The summed E-state index contributed by atoms with van der Waals surface area (Å²) in [6, 6.07) is 5.67. The standard InChI is InChI=1S/C17H17F3N4S/c1-12(16-22-4-9-25-16)23-5-7-24(8-6-23)14-2-3-15(17(18,19)20)13(10-14)11-21/h2-4,9-10,12H,5-8H2,1H3. The zero-order valence-corrected chi connectivity index (χ0v) is 14.4. The number of halogens is 3. The molecule has 1 atom stereocenters. The Hall–Kier alpha value is -2.11. The highest BCUT2D eigenvalue weighted by atomic mass is 32.1. The summed E-state index contributed by atoms with van der Waals surface area (Å²) in [7, 11) is 0. The smallest absolute Gasteiger partial charge is 0.369 e. The fourth-order valence-electron chi connectivity index (χ4n) is 3.03. The first kappa shape index (κ1) is 17.7. The summed E-state index contributed by atoms with van der Waals surface area (Å²) in [6.45, 7) is 5.10. The zero-order valence-electron chi connectivity index (χ0n) is 13.6. The van der Waals surface area contributed by atoms with Crippen LogP contribution >= 0.6 is 11.3 Å². The Morgan fingerprint density at radius 2 is 1.96 bits per heavy atom. The molecular weight excluding hydrogens is 349 g/mol. The SMILES string of the molecule is CC(c1nccs1)N1CCN(c2ccc(C(F)(F)F)c(C#N)c2)CC1. The summed E-state index contributed by atoms with van der Waals surface area (Å²) in [5.41, 5.74) is -0.551. The number of alkyl halides is 3. The minimum absolute atomic E-state index is 0.226. The number of nitrogens with zero attached hydrogens (tertiary/aromatic N) is 4. The fraction of sp³-hybridized carbons (Fsp3) is 0.412. The summed E-state index contributed by atoms with van der Waals surface area (Å²) in [6.07, 6.45) is -2.72. The van der Waals surface area contributed by atoms with Crippen LogP contribution in [0.15, 0.2) is 29.8 Å². The van der Waals surface area contributed by atoms with Gasteiger partial charge in [0.2, 0.25) is 0 Å². The van der Waals surface area contributed by atoms with Crippen molar-refractivity contribution >= 4 is 17.0 Å². The molecule has 0 N–H and O–H groups in total. The van der Waals surface area contributed by atoms with E-state index in [4.69, 9.17) is 5.26 Å². The molecule has 1 fully saturated rings. The predicted molar refractivity (Wildman–Crippen MR) is 90.5 cm³/mol. The van der Waals surface area contributed by atoms with Crippen LogP contribution in [0.4, 0.5) is 18.9 Å². The lowest BCUT2D eigenvalue weighted by atomic mass is 10.1. The van der Waals surface area contributed by atoms with Crippen molar-refractivity contribution in [2.24, 2.45) is 0 Å². The molecule has 1 saturated heterocycles. The lowest BCUT2D eigenvalue weighted by Crippen LogP contribution is -2.47. The molecule has 0 amide bonds. The lowest BCUT2D eigenvalue weighted by Gasteiger charge is -2.38. The molecule has 0 bridgehead atoms. The topological polar surface area (TPSA) is 43.2 Å². The van der Waals surface area contributed by atoms with E-state index < -0.39 is 11.7 Å². The van der Waals surface area contributed by atoms with E-state index in [1.54, 1.807) is 23.6 Å². The van der Waals surface area contributed by atoms with Crippen LogP contribution in [-0.4, -0.2) is 36.1 Å². The predicted octanol–water partition coefficient (Wildman–Crippen LogP) is 3.92. The van der Waals surface area contributed by atoms with Gasteiger partial charge in [-0.1, -0.05) is 0 Å². The van der Waals surface area contributed by atoms with Crippen molar-refractivity contribution in [3.05, 3.63) is 45.9 Å². The Bertz CT molecular complexity index is 759. The molecule has 2 aromatic rings. The molecule has 25 heavy (non-hydrogen) atoms. The molecule has 0 saturated carbocycles. The van der Waals surface area contributed by atoms with Crippen molar-refractivity contribution in [3.63, 3.8) is 0 Å². The molecule has 1 aromatic heterocycles. The van der Waals surface area contributed by atoms with Crippen molar-refractivity contribution in [2.75, 3.05) is 31.1 Å². The average Bonchev–Trinajstić information content (AvgIpc) is 3.14. The van der Waals surface area contributed by atoms with Gasteiger partial charge >= 0.3 is 6.18 Å². The minimum Gasteiger partial charge on any atom is -0.369 e. The molecule has 0 aliphatic carbocycles. The Labute approximate surface area is 148 Å². The van der Waals surface area contributed by atoms with Gasteiger partial charge in [-0.3, -0.25) is 4.90 Å². The molecule has 1 aliphatic rings. The summed E-state index contributed by atoms with van der Waals surface area (Å²) in [5, 5.41) is 12.1. The summed E-state index contributed by atoms with van der Waals surface area (Å²) >= 11 is 1.62. The third-order valence-corrected chi connectivity index (χ3v) is 5.41. The van der Waals surface area contributed by atoms with Gasteiger partial charge in [-0.15, -0.1) is 11.3 Å². The number of anilines is 1. The van der Waals surface area contributed by atoms with E-state index in [2.05, 4.69) is 16.8 Å². The monoisotopic (exact) mass is 366 g/mol. The van der Waals surface area contributed by atoms with E-state index in [-0.39, 0.29) is 11.6 Å². The first-order valence-corrected chi connectivity index (χ1v) is 8.78. The first-order valence-electron chi connectivity index (χ1n) is 7.90. The summed E-state index contributed by atoms with van der Waals surface area (Å²) in [5.74, 6) is 0. The maximum atomic E-state index is 12.9. The number of thiazole rings is 1. The van der Waals surface area contributed by atoms with Crippen molar-refractivity contribution in [2.45, 2.75) is 19.1 Å². The van der Waals surface area contributed by atoms with E-state index in [0.717, 1.165) is 24.2 Å². The second-order valence-corrected chi connectivity index (χ2v) is 6.83. The molecule has 1 unspecified atom stereocenters. The number of piperazine rings is 1. The van der Waals surface area contributed by atoms with Crippen molar-refractivity contribution in [3.8, 4) is 6.07 Å². The lowest BCUT2D eigenvalue weighted by molar-refractivity contribution is -0.137. The molecule has 2 heterocycles. The molecule has 0 radical (unpaired) electrons. The first-order chi connectivity index (χ1) is 11.9. The Morgan fingerprint density at radius 3 is 2.52 bits per heavy atom. The Kier molecular flexibility index (Phi) is 4.97.